The highest BCUT2D eigenvalue weighted by atomic mass is 35.5. The monoisotopic (exact) mass is 536 g/mol. The average Bonchev–Trinajstić information content (AvgIpc) is 3.55. The number of halogens is 5. The summed E-state index contributed by atoms with van der Waals surface area (Å²) in [5, 5.41) is 12.6. The number of benzene rings is 1. The molecule has 0 saturated carbocycles. The fourth-order valence-corrected chi connectivity index (χ4v) is 4.52. The van der Waals surface area contributed by atoms with Gasteiger partial charge in [-0.2, -0.15) is 23.4 Å². The molecule has 0 bridgehead atoms. The van der Waals surface area contributed by atoms with Crippen LogP contribution in [0.1, 0.15) is 21.7 Å². The zero-order valence-electron chi connectivity index (χ0n) is 17.4. The molecule has 178 valence electrons. The van der Waals surface area contributed by atoms with E-state index in [1.54, 1.807) is 34.5 Å². The first-order valence-corrected chi connectivity index (χ1v) is 11.6. The van der Waals surface area contributed by atoms with Crippen LogP contribution in [-0.4, -0.2) is 30.3 Å². The number of hydrogen-bond acceptors (Lipinski definition) is 5. The number of alkyl halides is 3. The lowest BCUT2D eigenvalue weighted by atomic mass is 10.2. The van der Waals surface area contributed by atoms with Crippen molar-refractivity contribution in [2.24, 2.45) is 0 Å². The van der Waals surface area contributed by atoms with Crippen molar-refractivity contribution >= 4 is 51.8 Å². The van der Waals surface area contributed by atoms with Crippen molar-refractivity contribution in [2.45, 2.75) is 12.7 Å². The molecule has 0 aliphatic heterocycles. The third-order valence-electron chi connectivity index (χ3n) is 4.99. The summed E-state index contributed by atoms with van der Waals surface area (Å²) in [6.45, 7) is 0.356. The van der Waals surface area contributed by atoms with E-state index in [1.165, 1.54) is 17.5 Å². The van der Waals surface area contributed by atoms with Gasteiger partial charge in [0.25, 0.3) is 5.91 Å². The fourth-order valence-electron chi connectivity index (χ4n) is 3.40. The molecule has 0 aliphatic rings. The average molecular weight is 537 g/mol. The summed E-state index contributed by atoms with van der Waals surface area (Å²) in [5.74, 6) is -0.802. The highest BCUT2D eigenvalue weighted by Gasteiger charge is 2.37. The molecule has 4 aromatic heterocycles. The molecule has 1 N–H and O–H groups in total. The van der Waals surface area contributed by atoms with Gasteiger partial charge in [0.05, 0.1) is 29.0 Å². The van der Waals surface area contributed by atoms with Gasteiger partial charge in [-0.05, 0) is 29.1 Å². The van der Waals surface area contributed by atoms with Gasteiger partial charge < -0.3 is 5.32 Å². The van der Waals surface area contributed by atoms with Crippen LogP contribution >= 0.6 is 34.5 Å². The Morgan fingerprint density at radius 3 is 2.66 bits per heavy atom. The number of rotatable bonds is 5. The molecule has 1 amide bonds. The Morgan fingerprint density at radius 1 is 1.14 bits per heavy atom. The van der Waals surface area contributed by atoms with Gasteiger partial charge in [-0.25, -0.2) is 9.50 Å². The third-order valence-corrected chi connectivity index (χ3v) is 6.60. The Bertz CT molecular complexity index is 1540. The second kappa shape index (κ2) is 8.99. The summed E-state index contributed by atoms with van der Waals surface area (Å²) in [5.41, 5.74) is -0.561. The molecule has 0 aliphatic carbocycles. The number of amides is 1. The van der Waals surface area contributed by atoms with Crippen molar-refractivity contribution in [3.8, 4) is 10.6 Å². The Balaban J connectivity index is 1.46. The molecule has 35 heavy (non-hydrogen) atoms. The molecular formula is C22H13Cl2F3N6OS. The number of carbonyl (C=O) groups excluding carboxylic acids is 1. The van der Waals surface area contributed by atoms with Gasteiger partial charge in [0, 0.05) is 11.2 Å². The molecule has 7 nitrogen and oxygen atoms in total. The highest BCUT2D eigenvalue weighted by molar-refractivity contribution is 7.13. The first-order valence-electron chi connectivity index (χ1n) is 9.98. The first kappa shape index (κ1) is 23.3. The predicted molar refractivity (Wildman–Crippen MR) is 127 cm³/mol. The van der Waals surface area contributed by atoms with Crippen LogP contribution in [0.5, 0.6) is 0 Å². The number of fused-ring (bicyclic) bond motifs is 1. The lowest BCUT2D eigenvalue weighted by Gasteiger charge is -2.10. The van der Waals surface area contributed by atoms with Crippen molar-refractivity contribution in [3.05, 3.63) is 87.2 Å². The molecule has 0 unspecified atom stereocenters. The molecule has 0 fully saturated rings. The van der Waals surface area contributed by atoms with Gasteiger partial charge in [-0.15, -0.1) is 11.3 Å². The molecule has 0 atom stereocenters. The molecule has 0 spiro atoms. The summed E-state index contributed by atoms with van der Waals surface area (Å²) in [4.78, 5) is 17.6. The summed E-state index contributed by atoms with van der Waals surface area (Å²) >= 11 is 13.7. The highest BCUT2D eigenvalue weighted by Crippen LogP contribution is 2.35. The smallest absolute Gasteiger partial charge is 0.318 e. The van der Waals surface area contributed by atoms with Crippen LogP contribution in [0, 0.1) is 0 Å². The number of thiophene rings is 1. The SMILES string of the molecule is O=C(Nc1cnn(Cc2ccccc2Cl)c1)c1nn2c(C(F)(F)F)cc(-c3cccs3)nc2c1Cl. The molecule has 0 saturated heterocycles. The van der Waals surface area contributed by atoms with Gasteiger partial charge in [-0.1, -0.05) is 47.5 Å². The maximum Gasteiger partial charge on any atom is 0.433 e. The second-order valence-corrected chi connectivity index (χ2v) is 9.10. The summed E-state index contributed by atoms with van der Waals surface area (Å²) < 4.78 is 43.5. The van der Waals surface area contributed by atoms with E-state index < -0.39 is 23.5 Å². The Kier molecular flexibility index (Phi) is 5.99. The second-order valence-electron chi connectivity index (χ2n) is 7.37. The number of carbonyl (C=O) groups is 1. The first-order chi connectivity index (χ1) is 16.7. The van der Waals surface area contributed by atoms with Crippen molar-refractivity contribution in [2.75, 3.05) is 5.32 Å². The Morgan fingerprint density at radius 2 is 1.94 bits per heavy atom. The third kappa shape index (κ3) is 4.62. The number of aromatic nitrogens is 5. The molecule has 0 radical (unpaired) electrons. The van der Waals surface area contributed by atoms with Gasteiger partial charge in [0.2, 0.25) is 0 Å². The van der Waals surface area contributed by atoms with Gasteiger partial charge in [0.1, 0.15) is 5.02 Å². The summed E-state index contributed by atoms with van der Waals surface area (Å²) in [6, 6.07) is 11.5. The van der Waals surface area contributed by atoms with Crippen LogP contribution in [0.25, 0.3) is 16.2 Å². The number of nitrogens with zero attached hydrogens (tertiary/aromatic N) is 5. The Hall–Kier alpha value is -3.41. The van der Waals surface area contributed by atoms with Crippen LogP contribution in [0.4, 0.5) is 18.9 Å². The standard InChI is InChI=1S/C22H13Cl2F3N6OS/c23-14-5-2-1-4-12(14)10-32-11-13(9-28-32)29-21(34)19-18(24)20-30-15(16-6-3-7-35-16)8-17(22(25,26)27)33(20)31-19/h1-9,11H,10H2,(H,29,34). The van der Waals surface area contributed by atoms with Crippen molar-refractivity contribution in [1.29, 1.82) is 0 Å². The summed E-state index contributed by atoms with van der Waals surface area (Å²) in [6.07, 6.45) is -1.80. The van der Waals surface area contributed by atoms with E-state index in [0.29, 0.717) is 26.6 Å². The van der Waals surface area contributed by atoms with E-state index >= 15 is 0 Å². The van der Waals surface area contributed by atoms with Crippen LogP contribution in [0.2, 0.25) is 10.0 Å². The van der Waals surface area contributed by atoms with Crippen LogP contribution in [-0.2, 0) is 12.7 Å². The molecule has 4 heterocycles. The van der Waals surface area contributed by atoms with Gasteiger partial charge >= 0.3 is 6.18 Å². The summed E-state index contributed by atoms with van der Waals surface area (Å²) in [7, 11) is 0. The van der Waals surface area contributed by atoms with Crippen LogP contribution in [0.3, 0.4) is 0 Å². The lowest BCUT2D eigenvalue weighted by molar-refractivity contribution is -0.142. The van der Waals surface area contributed by atoms with Crippen LogP contribution in [0.15, 0.2) is 60.2 Å². The molecule has 5 aromatic rings. The minimum atomic E-state index is -4.75. The van der Waals surface area contributed by atoms with E-state index in [4.69, 9.17) is 23.2 Å². The lowest BCUT2D eigenvalue weighted by Crippen LogP contribution is -2.15. The van der Waals surface area contributed by atoms with E-state index in [2.05, 4.69) is 20.5 Å². The maximum atomic E-state index is 13.8. The number of hydrogen-bond donors (Lipinski definition) is 1. The Labute approximate surface area is 209 Å². The van der Waals surface area contributed by atoms with E-state index in [1.807, 2.05) is 18.2 Å². The van der Waals surface area contributed by atoms with E-state index in [-0.39, 0.29) is 16.4 Å². The fraction of sp³-hybridized carbons (Fsp3) is 0.0909. The van der Waals surface area contributed by atoms with Gasteiger partial charge in [0.15, 0.2) is 17.0 Å². The van der Waals surface area contributed by atoms with Crippen molar-refractivity contribution in [3.63, 3.8) is 0 Å². The molecular weight excluding hydrogens is 524 g/mol. The minimum Gasteiger partial charge on any atom is -0.318 e. The van der Waals surface area contributed by atoms with Crippen molar-refractivity contribution in [1.82, 2.24) is 24.4 Å². The normalized spacial score (nSPS) is 11.8. The van der Waals surface area contributed by atoms with E-state index in [9.17, 15) is 18.0 Å². The molecule has 5 rings (SSSR count). The minimum absolute atomic E-state index is 0.0782. The molecule has 1 aromatic carbocycles. The quantitative estimate of drug-likeness (QED) is 0.286. The zero-order chi connectivity index (χ0) is 24.7. The topological polar surface area (TPSA) is 77.1 Å². The maximum absolute atomic E-state index is 13.8. The largest absolute Gasteiger partial charge is 0.433 e. The van der Waals surface area contributed by atoms with E-state index in [0.717, 1.165) is 11.6 Å². The number of anilines is 1. The van der Waals surface area contributed by atoms with Crippen LogP contribution < -0.4 is 5.32 Å². The predicted octanol–water partition coefficient (Wildman–Crippen LogP) is 6.28. The number of nitrogens with one attached hydrogen (secondary N) is 1. The zero-order valence-corrected chi connectivity index (χ0v) is 19.8. The molecule has 13 heteroatoms. The van der Waals surface area contributed by atoms with Crippen molar-refractivity contribution < 1.29 is 18.0 Å². The van der Waals surface area contributed by atoms with Gasteiger partial charge in [-0.3, -0.25) is 9.48 Å².